The summed E-state index contributed by atoms with van der Waals surface area (Å²) < 4.78 is 11.4. The van der Waals surface area contributed by atoms with Gasteiger partial charge in [-0.15, -0.1) is 0 Å². The first-order valence-corrected chi connectivity index (χ1v) is 7.04. The molecule has 1 unspecified atom stereocenters. The van der Waals surface area contributed by atoms with Crippen molar-refractivity contribution in [2.75, 3.05) is 7.11 Å². The maximum atomic E-state index is 8.83. The van der Waals surface area contributed by atoms with Gasteiger partial charge < -0.3 is 9.47 Å². The third-order valence-electron chi connectivity index (χ3n) is 3.56. The highest BCUT2D eigenvalue weighted by atomic mass is 16.5. The molecule has 0 saturated heterocycles. The van der Waals surface area contributed by atoms with Crippen LogP contribution in [0.3, 0.4) is 0 Å². The third kappa shape index (κ3) is 3.35. The van der Waals surface area contributed by atoms with Crippen molar-refractivity contribution in [3.8, 4) is 23.3 Å². The maximum Gasteiger partial charge on any atom is 0.134 e. The normalized spacial score (nSPS) is 11.5. The zero-order valence-corrected chi connectivity index (χ0v) is 12.6. The van der Waals surface area contributed by atoms with Gasteiger partial charge in [0, 0.05) is 5.56 Å². The zero-order valence-electron chi connectivity index (χ0n) is 12.6. The van der Waals surface area contributed by atoms with Gasteiger partial charge in [-0.2, -0.15) is 5.26 Å². The molecule has 0 radical (unpaired) electrons. The van der Waals surface area contributed by atoms with Crippen LogP contribution in [0.4, 0.5) is 0 Å². The number of nitrogens with zero attached hydrogens (tertiary/aromatic N) is 1. The van der Waals surface area contributed by atoms with Crippen LogP contribution in [-0.4, -0.2) is 7.11 Å². The molecule has 3 heteroatoms. The molecule has 2 rings (SSSR count). The summed E-state index contributed by atoms with van der Waals surface area (Å²) in [5, 5.41) is 8.83. The Morgan fingerprint density at radius 1 is 1.10 bits per heavy atom. The van der Waals surface area contributed by atoms with E-state index in [4.69, 9.17) is 14.7 Å². The van der Waals surface area contributed by atoms with Crippen molar-refractivity contribution in [2.24, 2.45) is 0 Å². The molecule has 2 aromatic carbocycles. The standard InChI is InChI=1S/C18H19NO2/c1-4-13(2)18-16(20-3)6-5-7-17(18)21-15-10-8-14(12-19)9-11-15/h5-11,13H,4H2,1-3H3. The van der Waals surface area contributed by atoms with Crippen LogP contribution in [0.2, 0.25) is 0 Å². The van der Waals surface area contributed by atoms with Crippen molar-refractivity contribution in [1.29, 1.82) is 5.26 Å². The Balaban J connectivity index is 2.36. The number of hydrogen-bond donors (Lipinski definition) is 0. The predicted octanol–water partition coefficient (Wildman–Crippen LogP) is 4.87. The number of methoxy groups -OCH3 is 1. The highest BCUT2D eigenvalue weighted by molar-refractivity contribution is 5.49. The van der Waals surface area contributed by atoms with Crippen LogP contribution < -0.4 is 9.47 Å². The molecule has 0 aliphatic carbocycles. The van der Waals surface area contributed by atoms with Gasteiger partial charge in [0.05, 0.1) is 18.7 Å². The first kappa shape index (κ1) is 14.9. The van der Waals surface area contributed by atoms with Crippen LogP contribution in [0.15, 0.2) is 42.5 Å². The molecule has 0 saturated carbocycles. The molecular formula is C18H19NO2. The molecule has 3 nitrogen and oxygen atoms in total. The van der Waals surface area contributed by atoms with E-state index in [2.05, 4.69) is 19.9 Å². The smallest absolute Gasteiger partial charge is 0.134 e. The number of ether oxygens (including phenoxy) is 2. The highest BCUT2D eigenvalue weighted by Gasteiger charge is 2.16. The fourth-order valence-electron chi connectivity index (χ4n) is 2.21. The predicted molar refractivity (Wildman–Crippen MR) is 82.9 cm³/mol. The topological polar surface area (TPSA) is 42.2 Å². The second-order valence-corrected chi connectivity index (χ2v) is 4.92. The van der Waals surface area contributed by atoms with Crippen molar-refractivity contribution in [2.45, 2.75) is 26.2 Å². The first-order chi connectivity index (χ1) is 10.2. The SMILES string of the molecule is CCC(C)c1c(OC)cccc1Oc1ccc(C#N)cc1. The fraction of sp³-hybridized carbons (Fsp3) is 0.278. The first-order valence-electron chi connectivity index (χ1n) is 7.04. The number of benzene rings is 2. The van der Waals surface area contributed by atoms with Gasteiger partial charge >= 0.3 is 0 Å². The Bertz CT molecular complexity index is 641. The summed E-state index contributed by atoms with van der Waals surface area (Å²) in [6, 6.07) is 15.0. The molecule has 108 valence electrons. The van der Waals surface area contributed by atoms with Crippen molar-refractivity contribution in [3.05, 3.63) is 53.6 Å². The monoisotopic (exact) mass is 281 g/mol. The summed E-state index contributed by atoms with van der Waals surface area (Å²) in [5.74, 6) is 2.70. The fourth-order valence-corrected chi connectivity index (χ4v) is 2.21. The Kier molecular flexibility index (Phi) is 4.84. The molecule has 0 aliphatic heterocycles. The van der Waals surface area contributed by atoms with Gasteiger partial charge in [0.15, 0.2) is 0 Å². The Hall–Kier alpha value is -2.47. The van der Waals surface area contributed by atoms with E-state index in [1.165, 1.54) is 0 Å². The van der Waals surface area contributed by atoms with Gasteiger partial charge in [0.25, 0.3) is 0 Å². The Morgan fingerprint density at radius 3 is 2.33 bits per heavy atom. The van der Waals surface area contributed by atoms with Gasteiger partial charge in [-0.25, -0.2) is 0 Å². The molecule has 0 spiro atoms. The van der Waals surface area contributed by atoms with Crippen molar-refractivity contribution < 1.29 is 9.47 Å². The molecule has 0 aliphatic rings. The maximum absolute atomic E-state index is 8.83. The molecule has 0 heterocycles. The van der Waals surface area contributed by atoms with Crippen LogP contribution in [0.1, 0.15) is 37.3 Å². The molecule has 0 N–H and O–H groups in total. The van der Waals surface area contributed by atoms with E-state index in [-0.39, 0.29) is 0 Å². The molecule has 0 aromatic heterocycles. The highest BCUT2D eigenvalue weighted by Crippen LogP contribution is 2.38. The van der Waals surface area contributed by atoms with Gasteiger partial charge in [0.1, 0.15) is 17.2 Å². The molecule has 21 heavy (non-hydrogen) atoms. The third-order valence-corrected chi connectivity index (χ3v) is 3.56. The minimum absolute atomic E-state index is 0.342. The van der Waals surface area contributed by atoms with Crippen LogP contribution in [0, 0.1) is 11.3 Å². The van der Waals surface area contributed by atoms with Gasteiger partial charge in [-0.1, -0.05) is 19.9 Å². The van der Waals surface area contributed by atoms with E-state index in [0.717, 1.165) is 23.5 Å². The van der Waals surface area contributed by atoms with E-state index < -0.39 is 0 Å². The summed E-state index contributed by atoms with van der Waals surface area (Å²) in [6.07, 6.45) is 1.00. The van der Waals surface area contributed by atoms with Crippen LogP contribution in [0.25, 0.3) is 0 Å². The summed E-state index contributed by atoms with van der Waals surface area (Å²) in [5.41, 5.74) is 1.70. The molecule has 0 amide bonds. The van der Waals surface area contributed by atoms with E-state index >= 15 is 0 Å². The molecule has 0 bridgehead atoms. The number of nitriles is 1. The second kappa shape index (κ2) is 6.81. The van der Waals surface area contributed by atoms with Crippen LogP contribution in [-0.2, 0) is 0 Å². The molecule has 1 atom stereocenters. The van der Waals surface area contributed by atoms with Crippen molar-refractivity contribution >= 4 is 0 Å². The van der Waals surface area contributed by atoms with E-state index in [1.54, 1.807) is 31.4 Å². The Labute approximate surface area is 125 Å². The molecule has 2 aromatic rings. The lowest BCUT2D eigenvalue weighted by Crippen LogP contribution is -2.00. The lowest BCUT2D eigenvalue weighted by Gasteiger charge is -2.18. The van der Waals surface area contributed by atoms with Crippen LogP contribution >= 0.6 is 0 Å². The number of rotatable bonds is 5. The van der Waals surface area contributed by atoms with E-state index in [0.29, 0.717) is 17.2 Å². The molecular weight excluding hydrogens is 262 g/mol. The number of hydrogen-bond acceptors (Lipinski definition) is 3. The summed E-state index contributed by atoms with van der Waals surface area (Å²) in [7, 11) is 1.67. The quantitative estimate of drug-likeness (QED) is 0.785. The van der Waals surface area contributed by atoms with Crippen molar-refractivity contribution in [3.63, 3.8) is 0 Å². The lowest BCUT2D eigenvalue weighted by atomic mass is 9.96. The van der Waals surface area contributed by atoms with E-state index in [1.807, 2.05) is 18.2 Å². The summed E-state index contributed by atoms with van der Waals surface area (Å²) in [6.45, 7) is 4.30. The van der Waals surface area contributed by atoms with Gasteiger partial charge in [0.2, 0.25) is 0 Å². The molecule has 0 fully saturated rings. The minimum Gasteiger partial charge on any atom is -0.496 e. The average molecular weight is 281 g/mol. The Morgan fingerprint density at radius 2 is 1.76 bits per heavy atom. The minimum atomic E-state index is 0.342. The second-order valence-electron chi connectivity index (χ2n) is 4.92. The van der Waals surface area contributed by atoms with E-state index in [9.17, 15) is 0 Å². The van der Waals surface area contributed by atoms with Crippen LogP contribution in [0.5, 0.6) is 17.2 Å². The summed E-state index contributed by atoms with van der Waals surface area (Å²) in [4.78, 5) is 0. The van der Waals surface area contributed by atoms with Crippen molar-refractivity contribution in [1.82, 2.24) is 0 Å². The average Bonchev–Trinajstić information content (AvgIpc) is 2.54. The van der Waals surface area contributed by atoms with Gasteiger partial charge in [-0.3, -0.25) is 0 Å². The lowest BCUT2D eigenvalue weighted by molar-refractivity contribution is 0.396. The largest absolute Gasteiger partial charge is 0.496 e. The van der Waals surface area contributed by atoms with Gasteiger partial charge in [-0.05, 0) is 48.7 Å². The zero-order chi connectivity index (χ0) is 15.2. The summed E-state index contributed by atoms with van der Waals surface area (Å²) >= 11 is 0.